The largest absolute Gasteiger partial charge is 0.379 e. The molecule has 5 heterocycles. The van der Waals surface area contributed by atoms with Crippen molar-refractivity contribution in [3.63, 3.8) is 0 Å². The number of hydrogen-bond donors (Lipinski definition) is 3. The quantitative estimate of drug-likeness (QED) is 0.391. The molecule has 164 valence electrons. The number of H-pyrrole nitrogens is 2. The van der Waals surface area contributed by atoms with Crippen molar-refractivity contribution in [3.05, 3.63) is 56.5 Å². The van der Waals surface area contributed by atoms with Crippen molar-refractivity contribution in [2.75, 3.05) is 25.0 Å². The first-order valence-corrected chi connectivity index (χ1v) is 11.4. The molecule has 7 rings (SSSR count). The van der Waals surface area contributed by atoms with Gasteiger partial charge in [-0.05, 0) is 56.1 Å². The van der Waals surface area contributed by atoms with E-state index in [-0.39, 0.29) is 16.6 Å². The first-order chi connectivity index (χ1) is 15.5. The number of piperidine rings is 3. The third-order valence-electron chi connectivity index (χ3n) is 6.72. The van der Waals surface area contributed by atoms with Gasteiger partial charge in [-0.2, -0.15) is 0 Å². The molecule has 2 bridgehead atoms. The van der Waals surface area contributed by atoms with Crippen molar-refractivity contribution in [2.24, 2.45) is 5.92 Å². The molecule has 6 nitrogen and oxygen atoms in total. The lowest BCUT2D eigenvalue weighted by Gasteiger charge is -2.45. The van der Waals surface area contributed by atoms with E-state index >= 15 is 0 Å². The Balaban J connectivity index is 1.56. The monoisotopic (exact) mass is 471 g/mol. The molecule has 9 heteroatoms. The van der Waals surface area contributed by atoms with Crippen LogP contribution in [0.25, 0.3) is 33.3 Å². The number of halogens is 3. The highest BCUT2D eigenvalue weighted by atomic mass is 35.5. The third-order valence-corrected chi connectivity index (χ3v) is 7.25. The number of rotatable bonds is 3. The molecule has 3 N–H and O–H groups in total. The maximum atomic E-state index is 14.0. The van der Waals surface area contributed by atoms with Crippen LogP contribution in [0.5, 0.6) is 0 Å². The van der Waals surface area contributed by atoms with Crippen LogP contribution in [-0.4, -0.2) is 45.5 Å². The summed E-state index contributed by atoms with van der Waals surface area (Å²) >= 11 is 12.3. The van der Waals surface area contributed by atoms with Gasteiger partial charge >= 0.3 is 0 Å². The zero-order chi connectivity index (χ0) is 22.0. The lowest BCUT2D eigenvalue weighted by molar-refractivity contribution is 0.0976. The summed E-state index contributed by atoms with van der Waals surface area (Å²) in [7, 11) is 0. The van der Waals surface area contributed by atoms with Gasteiger partial charge in [0.25, 0.3) is 5.56 Å². The molecule has 0 radical (unpaired) electrons. The first kappa shape index (κ1) is 20.0. The highest BCUT2D eigenvalue weighted by Crippen LogP contribution is 2.36. The Morgan fingerprint density at radius 2 is 1.91 bits per heavy atom. The van der Waals surface area contributed by atoms with Crippen LogP contribution in [-0.2, 0) is 0 Å². The summed E-state index contributed by atoms with van der Waals surface area (Å²) in [5.74, 6) is 0.348. The smallest absolute Gasteiger partial charge is 0.261 e. The summed E-state index contributed by atoms with van der Waals surface area (Å²) in [6.07, 6.45) is 2.27. The summed E-state index contributed by atoms with van der Waals surface area (Å²) in [6, 6.07) is 8.37. The standard InChI is InChI=1S/C23H20Cl2FN5O/c24-12-1-2-16-13(7-12)21(27-19-10-31-5-3-11(19)4-6-31)20(23(32)30-16)22-28-17-8-14(25)15(26)9-18(17)29-22/h1-2,7-9,11,19H,3-6,10H2,(H,28,29)(H2,27,30,32)/t19-/m0/s1. The van der Waals surface area contributed by atoms with Crippen molar-refractivity contribution in [2.45, 2.75) is 18.9 Å². The number of nitrogens with zero attached hydrogens (tertiary/aromatic N) is 2. The SMILES string of the molecule is O=c1[nH]c2ccc(Cl)cc2c(N[C@H]2CN3CCC2CC3)c1-c1nc2cc(F)c(Cl)cc2[nH]1. The van der Waals surface area contributed by atoms with Gasteiger partial charge < -0.3 is 20.2 Å². The van der Waals surface area contributed by atoms with Crippen molar-refractivity contribution < 1.29 is 4.39 Å². The Bertz CT molecular complexity index is 1380. The number of aromatic nitrogens is 3. The van der Waals surface area contributed by atoms with Crippen LogP contribution in [0.1, 0.15) is 12.8 Å². The number of hydrogen-bond acceptors (Lipinski definition) is 4. The number of benzene rings is 2. The summed E-state index contributed by atoms with van der Waals surface area (Å²) in [6.45, 7) is 3.17. The van der Waals surface area contributed by atoms with Crippen LogP contribution in [0.2, 0.25) is 10.0 Å². The Hall–Kier alpha value is -2.61. The van der Waals surface area contributed by atoms with E-state index < -0.39 is 5.82 Å². The molecule has 0 unspecified atom stereocenters. The van der Waals surface area contributed by atoms with Gasteiger partial charge in [-0.3, -0.25) is 4.79 Å². The lowest BCUT2D eigenvalue weighted by Crippen LogP contribution is -2.53. The maximum absolute atomic E-state index is 14.0. The maximum Gasteiger partial charge on any atom is 0.261 e. The van der Waals surface area contributed by atoms with E-state index in [1.165, 1.54) is 12.1 Å². The minimum absolute atomic E-state index is 0.00229. The van der Waals surface area contributed by atoms with E-state index in [1.807, 2.05) is 6.07 Å². The molecule has 0 amide bonds. The second-order valence-corrected chi connectivity index (χ2v) is 9.50. The fourth-order valence-electron chi connectivity index (χ4n) is 5.08. The van der Waals surface area contributed by atoms with E-state index in [2.05, 4.69) is 25.2 Å². The zero-order valence-electron chi connectivity index (χ0n) is 17.0. The molecule has 4 aromatic rings. The molecule has 3 aliphatic heterocycles. The Kier molecular flexibility index (Phi) is 4.68. The number of aromatic amines is 2. The molecule has 3 fully saturated rings. The van der Waals surface area contributed by atoms with Crippen molar-refractivity contribution in [3.8, 4) is 11.4 Å². The van der Waals surface area contributed by atoms with E-state index in [4.69, 9.17) is 23.2 Å². The van der Waals surface area contributed by atoms with Crippen molar-refractivity contribution in [1.29, 1.82) is 0 Å². The van der Waals surface area contributed by atoms with Gasteiger partial charge in [-0.25, -0.2) is 9.37 Å². The number of fused-ring (bicyclic) bond motifs is 5. The molecule has 0 saturated carbocycles. The van der Waals surface area contributed by atoms with Gasteiger partial charge in [0.15, 0.2) is 0 Å². The number of anilines is 1. The molecule has 3 saturated heterocycles. The van der Waals surface area contributed by atoms with Crippen molar-refractivity contribution in [1.82, 2.24) is 19.9 Å². The molecule has 0 aliphatic carbocycles. The summed E-state index contributed by atoms with van der Waals surface area (Å²) < 4.78 is 14.0. The topological polar surface area (TPSA) is 76.8 Å². The number of pyridine rings is 1. The first-order valence-electron chi connectivity index (χ1n) is 10.7. The average Bonchev–Trinajstić information content (AvgIpc) is 3.17. The van der Waals surface area contributed by atoms with E-state index in [1.54, 1.807) is 12.1 Å². The van der Waals surface area contributed by atoms with Crippen LogP contribution in [0.3, 0.4) is 0 Å². The van der Waals surface area contributed by atoms with Crippen LogP contribution in [0.4, 0.5) is 10.1 Å². The highest BCUT2D eigenvalue weighted by molar-refractivity contribution is 6.31. The Morgan fingerprint density at radius 1 is 1.09 bits per heavy atom. The average molecular weight is 472 g/mol. The van der Waals surface area contributed by atoms with Gasteiger partial charge in [-0.1, -0.05) is 23.2 Å². The highest BCUT2D eigenvalue weighted by Gasteiger charge is 2.35. The van der Waals surface area contributed by atoms with E-state index in [0.29, 0.717) is 44.6 Å². The predicted molar refractivity (Wildman–Crippen MR) is 126 cm³/mol. The molecule has 2 aromatic carbocycles. The molecule has 1 atom stereocenters. The number of imidazole rings is 1. The second-order valence-electron chi connectivity index (χ2n) is 8.65. The molecule has 3 aliphatic rings. The van der Waals surface area contributed by atoms with Crippen LogP contribution in [0.15, 0.2) is 35.1 Å². The normalized spacial score (nSPS) is 22.7. The van der Waals surface area contributed by atoms with Gasteiger partial charge in [0.1, 0.15) is 17.2 Å². The van der Waals surface area contributed by atoms with Crippen molar-refractivity contribution >= 4 is 50.8 Å². The van der Waals surface area contributed by atoms with Gasteiger partial charge in [0.05, 0.1) is 27.3 Å². The summed E-state index contributed by atoms with van der Waals surface area (Å²) in [5.41, 5.74) is 2.44. The zero-order valence-corrected chi connectivity index (χ0v) is 18.5. The third kappa shape index (κ3) is 3.27. The molecule has 2 aromatic heterocycles. The molecule has 0 spiro atoms. The van der Waals surface area contributed by atoms with Crippen LogP contribution >= 0.6 is 23.2 Å². The lowest BCUT2D eigenvalue weighted by atomic mass is 9.83. The summed E-state index contributed by atoms with van der Waals surface area (Å²) in [5, 5.41) is 5.06. The molecule has 32 heavy (non-hydrogen) atoms. The van der Waals surface area contributed by atoms with Crippen LogP contribution in [0, 0.1) is 11.7 Å². The fourth-order valence-corrected chi connectivity index (χ4v) is 5.41. The second kappa shape index (κ2) is 7.47. The van der Waals surface area contributed by atoms with Gasteiger partial charge in [-0.15, -0.1) is 0 Å². The number of nitrogens with one attached hydrogen (secondary N) is 3. The molecular weight excluding hydrogens is 452 g/mol. The van der Waals surface area contributed by atoms with Gasteiger partial charge in [0.2, 0.25) is 0 Å². The minimum atomic E-state index is -0.554. The fraction of sp³-hybridized carbons (Fsp3) is 0.304. The summed E-state index contributed by atoms with van der Waals surface area (Å²) in [4.78, 5) is 26.3. The molecular formula is C23H20Cl2FN5O. The Morgan fingerprint density at radius 3 is 2.66 bits per heavy atom. The van der Waals surface area contributed by atoms with Gasteiger partial charge in [0, 0.05) is 29.1 Å². The minimum Gasteiger partial charge on any atom is -0.379 e. The Labute approximate surface area is 192 Å². The van der Waals surface area contributed by atoms with Crippen LogP contribution < -0.4 is 10.9 Å². The van der Waals surface area contributed by atoms with E-state index in [9.17, 15) is 9.18 Å². The van der Waals surface area contributed by atoms with E-state index in [0.717, 1.165) is 37.9 Å². The predicted octanol–water partition coefficient (Wildman–Crippen LogP) is 5.02.